The number of halogens is 3. The number of carbonyl (C=O) groups excluding carboxylic acids is 3. The van der Waals surface area contributed by atoms with Crippen LogP contribution in [0.4, 0.5) is 4.39 Å². The van der Waals surface area contributed by atoms with Crippen molar-refractivity contribution < 1.29 is 18.8 Å². The van der Waals surface area contributed by atoms with Gasteiger partial charge in [-0.1, -0.05) is 71.8 Å². The molecule has 0 saturated carbocycles. The smallest absolute Gasteiger partial charge is 0.245 e. The molecular formula is C36H42Cl2FN5O3. The molecular weight excluding hydrogens is 640 g/mol. The van der Waals surface area contributed by atoms with Crippen molar-refractivity contribution in [3.8, 4) is 0 Å². The molecule has 4 atom stereocenters. The highest BCUT2D eigenvalue weighted by atomic mass is 35.5. The van der Waals surface area contributed by atoms with Crippen LogP contribution >= 0.6 is 23.2 Å². The molecule has 5 rings (SSSR count). The van der Waals surface area contributed by atoms with Gasteiger partial charge in [0, 0.05) is 57.1 Å². The summed E-state index contributed by atoms with van der Waals surface area (Å²) < 4.78 is 13.7. The fraction of sp³-hybridized carbons (Fsp3) is 0.417. The normalized spacial score (nSPS) is 23.5. The van der Waals surface area contributed by atoms with E-state index >= 15 is 0 Å². The number of amides is 3. The summed E-state index contributed by atoms with van der Waals surface area (Å²) in [4.78, 5) is 45.0. The van der Waals surface area contributed by atoms with Crippen LogP contribution in [-0.4, -0.2) is 78.9 Å². The van der Waals surface area contributed by atoms with Crippen LogP contribution in [-0.2, 0) is 33.8 Å². The quantitative estimate of drug-likeness (QED) is 0.305. The van der Waals surface area contributed by atoms with Crippen molar-refractivity contribution in [2.45, 2.75) is 56.8 Å². The maximum atomic E-state index is 14.3. The van der Waals surface area contributed by atoms with Gasteiger partial charge in [0.15, 0.2) is 0 Å². The zero-order valence-corrected chi connectivity index (χ0v) is 28.1. The first kappa shape index (κ1) is 34.8. The molecule has 2 heterocycles. The molecule has 1 fully saturated rings. The lowest BCUT2D eigenvalue weighted by Gasteiger charge is -2.43. The van der Waals surface area contributed by atoms with Gasteiger partial charge in [-0.05, 0) is 60.7 Å². The van der Waals surface area contributed by atoms with Crippen molar-refractivity contribution in [2.75, 3.05) is 33.2 Å². The molecule has 3 N–H and O–H groups in total. The third-order valence-corrected chi connectivity index (χ3v) is 10.3. The first-order chi connectivity index (χ1) is 22.6. The molecule has 250 valence electrons. The topological polar surface area (TPSA) is 93.8 Å². The van der Waals surface area contributed by atoms with E-state index in [1.807, 2.05) is 35.2 Å². The number of nitrogens with zero attached hydrogens (tertiary/aromatic N) is 2. The number of rotatable bonds is 11. The van der Waals surface area contributed by atoms with E-state index in [1.54, 1.807) is 31.3 Å². The number of benzene rings is 2. The minimum absolute atomic E-state index is 0.122. The van der Waals surface area contributed by atoms with E-state index in [1.165, 1.54) is 12.1 Å². The molecule has 3 amide bonds. The van der Waals surface area contributed by atoms with Crippen LogP contribution in [0.5, 0.6) is 0 Å². The van der Waals surface area contributed by atoms with Crippen LogP contribution in [0.3, 0.4) is 0 Å². The van der Waals surface area contributed by atoms with Crippen LogP contribution in [0.25, 0.3) is 0 Å². The summed E-state index contributed by atoms with van der Waals surface area (Å²) >= 11 is 12.6. The minimum Gasteiger partial charge on any atom is -0.358 e. The zero-order chi connectivity index (χ0) is 33.6. The predicted octanol–water partition coefficient (Wildman–Crippen LogP) is 4.43. The van der Waals surface area contributed by atoms with Gasteiger partial charge in [0.25, 0.3) is 0 Å². The van der Waals surface area contributed by atoms with Crippen molar-refractivity contribution >= 4 is 40.9 Å². The van der Waals surface area contributed by atoms with Crippen molar-refractivity contribution in [1.82, 2.24) is 25.8 Å². The highest BCUT2D eigenvalue weighted by molar-refractivity contribution is 6.40. The van der Waals surface area contributed by atoms with E-state index in [4.69, 9.17) is 23.2 Å². The second kappa shape index (κ2) is 15.6. The highest BCUT2D eigenvalue weighted by Crippen LogP contribution is 2.40. The summed E-state index contributed by atoms with van der Waals surface area (Å²) in [5, 5.41) is 10.0. The average Bonchev–Trinajstić information content (AvgIpc) is 3.08. The van der Waals surface area contributed by atoms with Gasteiger partial charge in [-0.15, -0.1) is 6.58 Å². The Morgan fingerprint density at radius 2 is 1.87 bits per heavy atom. The maximum Gasteiger partial charge on any atom is 0.245 e. The number of hydrogen-bond acceptors (Lipinski definition) is 5. The van der Waals surface area contributed by atoms with E-state index in [9.17, 15) is 18.8 Å². The summed E-state index contributed by atoms with van der Waals surface area (Å²) in [7, 11) is 1.61. The lowest BCUT2D eigenvalue weighted by Crippen LogP contribution is -2.61. The second-order valence-electron chi connectivity index (χ2n) is 12.6. The summed E-state index contributed by atoms with van der Waals surface area (Å²) in [5.41, 5.74) is 2.20. The molecule has 3 aliphatic rings. The lowest BCUT2D eigenvalue weighted by atomic mass is 9.77. The van der Waals surface area contributed by atoms with Crippen molar-refractivity contribution in [1.29, 1.82) is 0 Å². The van der Waals surface area contributed by atoms with E-state index in [0.717, 1.165) is 16.7 Å². The van der Waals surface area contributed by atoms with Gasteiger partial charge < -0.3 is 20.9 Å². The van der Waals surface area contributed by atoms with Crippen molar-refractivity contribution in [3.05, 3.63) is 106 Å². The molecule has 11 heteroatoms. The first-order valence-electron chi connectivity index (χ1n) is 16.1. The molecule has 0 spiro atoms. The summed E-state index contributed by atoms with van der Waals surface area (Å²) in [6, 6.07) is 12.5. The standard InChI is InChI=1S/C36H42Cl2FN5O3/c1-3-6-28-23-43(16-15-36(35(47)40-2)14-13-29(37)30(38)21-36)17-18-44(28)34(46)32(19-24-9-11-27(39)12-10-24)42-33(45)31-20-25-7-4-5-8-26(25)22-41-31/h3-5,7-14,28,31-32,41H,1,6,15-23H2,2H3,(H,40,47)(H,42,45). The number of carbonyl (C=O) groups is 3. The van der Waals surface area contributed by atoms with Gasteiger partial charge >= 0.3 is 0 Å². The molecule has 0 aromatic heterocycles. The summed E-state index contributed by atoms with van der Waals surface area (Å²) in [6.07, 6.45) is 7.49. The Bertz CT molecular complexity index is 1550. The average molecular weight is 683 g/mol. The Morgan fingerprint density at radius 3 is 2.57 bits per heavy atom. The molecule has 0 bridgehead atoms. The van der Waals surface area contributed by atoms with Crippen LogP contribution < -0.4 is 16.0 Å². The Kier molecular flexibility index (Phi) is 11.6. The molecule has 47 heavy (non-hydrogen) atoms. The van der Waals surface area contributed by atoms with Crippen LogP contribution in [0.2, 0.25) is 0 Å². The van der Waals surface area contributed by atoms with Crippen molar-refractivity contribution in [3.63, 3.8) is 0 Å². The summed E-state index contributed by atoms with van der Waals surface area (Å²) in [5.74, 6) is -0.917. The number of piperazine rings is 1. The van der Waals surface area contributed by atoms with Gasteiger partial charge in [-0.3, -0.25) is 19.3 Å². The van der Waals surface area contributed by atoms with Gasteiger partial charge in [0.05, 0.1) is 16.5 Å². The number of nitrogens with one attached hydrogen (secondary N) is 3. The fourth-order valence-electron chi connectivity index (χ4n) is 6.77. The second-order valence-corrected chi connectivity index (χ2v) is 13.4. The third-order valence-electron chi connectivity index (χ3n) is 9.49. The van der Waals surface area contributed by atoms with Gasteiger partial charge in [0.1, 0.15) is 11.9 Å². The van der Waals surface area contributed by atoms with Crippen LogP contribution in [0.15, 0.2) is 83.4 Å². The molecule has 8 nitrogen and oxygen atoms in total. The Balaban J connectivity index is 1.29. The SMILES string of the molecule is C=CCC1CN(CCC2(C(=O)NC)C=CC(Cl)=C(Cl)C2)CCN1C(=O)C(Cc1ccc(F)cc1)NC(=O)C1Cc2ccccc2CN1. The largest absolute Gasteiger partial charge is 0.358 e. The van der Waals surface area contributed by atoms with Gasteiger partial charge in [-0.2, -0.15) is 0 Å². The van der Waals surface area contributed by atoms with E-state index in [0.29, 0.717) is 68.5 Å². The molecule has 2 aromatic carbocycles. The minimum atomic E-state index is -0.839. The van der Waals surface area contributed by atoms with E-state index in [2.05, 4.69) is 27.4 Å². The first-order valence-corrected chi connectivity index (χ1v) is 16.8. The highest BCUT2D eigenvalue weighted by Gasteiger charge is 2.40. The fourth-order valence-corrected chi connectivity index (χ4v) is 7.20. The third kappa shape index (κ3) is 8.33. The van der Waals surface area contributed by atoms with Gasteiger partial charge in [-0.25, -0.2) is 4.39 Å². The molecule has 1 saturated heterocycles. The summed E-state index contributed by atoms with van der Waals surface area (Å²) in [6.45, 7) is 6.73. The lowest BCUT2D eigenvalue weighted by molar-refractivity contribution is -0.141. The number of allylic oxidation sites excluding steroid dienone is 3. The van der Waals surface area contributed by atoms with Crippen molar-refractivity contribution in [2.24, 2.45) is 5.41 Å². The number of fused-ring (bicyclic) bond motifs is 1. The zero-order valence-electron chi connectivity index (χ0n) is 26.6. The monoisotopic (exact) mass is 681 g/mol. The maximum absolute atomic E-state index is 14.3. The molecule has 2 aliphatic heterocycles. The molecule has 4 unspecified atom stereocenters. The van der Waals surface area contributed by atoms with E-state index in [-0.39, 0.29) is 36.0 Å². The predicted molar refractivity (Wildman–Crippen MR) is 183 cm³/mol. The van der Waals surface area contributed by atoms with Gasteiger partial charge in [0.2, 0.25) is 17.7 Å². The Morgan fingerprint density at radius 1 is 1.13 bits per heavy atom. The number of hydrogen-bond donors (Lipinski definition) is 3. The molecule has 1 aliphatic carbocycles. The van der Waals surface area contributed by atoms with Crippen LogP contribution in [0.1, 0.15) is 36.0 Å². The van der Waals surface area contributed by atoms with E-state index < -0.39 is 17.5 Å². The molecule has 2 aromatic rings. The Hall–Kier alpha value is -3.50. The Labute approximate surface area is 286 Å². The van der Waals surface area contributed by atoms with Crippen LogP contribution in [0, 0.1) is 11.2 Å². The molecule has 0 radical (unpaired) electrons.